The molecule has 170 valence electrons. The Morgan fingerprint density at radius 1 is 1.26 bits per heavy atom. The molecule has 2 aliphatic rings. The predicted molar refractivity (Wildman–Crippen MR) is 108 cm³/mol. The van der Waals surface area contributed by atoms with Crippen LogP contribution in [0.2, 0.25) is 0 Å². The number of aryl methyl sites for hydroxylation is 1. The minimum Gasteiger partial charge on any atom is -0.372 e. The number of ether oxygens (including phenoxy) is 1. The lowest BCUT2D eigenvalue weighted by molar-refractivity contribution is -0.137. The molecule has 2 N–H and O–H groups in total. The van der Waals surface area contributed by atoms with Crippen molar-refractivity contribution in [2.24, 2.45) is 5.73 Å². The zero-order chi connectivity index (χ0) is 22.7. The first-order valence-corrected chi connectivity index (χ1v) is 11.7. The molecule has 2 unspecified atom stereocenters. The Balaban J connectivity index is 1.65. The predicted octanol–water partition coefficient (Wildman–Crippen LogP) is 3.79. The first-order valence-electron chi connectivity index (χ1n) is 10.2. The smallest absolute Gasteiger partial charge is 0.372 e. The topological polar surface area (TPSA) is 87.2 Å². The third kappa shape index (κ3) is 4.25. The van der Waals surface area contributed by atoms with E-state index in [1.807, 2.05) is 13.0 Å². The lowest BCUT2D eigenvalue weighted by Gasteiger charge is -2.38. The maximum atomic E-state index is 13.4. The summed E-state index contributed by atoms with van der Waals surface area (Å²) in [7, 11) is -4.05. The minimum absolute atomic E-state index is 0.119. The summed E-state index contributed by atoms with van der Waals surface area (Å²) in [4.78, 5) is -0.325. The van der Waals surface area contributed by atoms with Crippen LogP contribution in [0.15, 0.2) is 35.2 Å². The van der Waals surface area contributed by atoms with Gasteiger partial charge in [0.05, 0.1) is 33.1 Å². The third-order valence-corrected chi connectivity index (χ3v) is 8.85. The number of rotatable bonds is 5. The first kappa shape index (κ1) is 22.3. The second kappa shape index (κ2) is 7.31. The van der Waals surface area contributed by atoms with Gasteiger partial charge < -0.3 is 10.5 Å². The monoisotopic (exact) mass is 457 g/mol. The number of hydrogen-bond acceptors (Lipinski definition) is 5. The number of benzene rings is 1. The molecule has 2 heterocycles. The van der Waals surface area contributed by atoms with Crippen LogP contribution in [0.25, 0.3) is 0 Å². The van der Waals surface area contributed by atoms with E-state index in [0.29, 0.717) is 12.6 Å². The van der Waals surface area contributed by atoms with Gasteiger partial charge in [-0.3, -0.25) is 4.68 Å². The normalized spacial score (nSPS) is 26.1. The summed E-state index contributed by atoms with van der Waals surface area (Å²) in [5.41, 5.74) is 6.49. The van der Waals surface area contributed by atoms with Gasteiger partial charge >= 0.3 is 6.18 Å². The lowest BCUT2D eigenvalue weighted by Crippen LogP contribution is -2.43. The van der Waals surface area contributed by atoms with Crippen LogP contribution in [0, 0.1) is 6.92 Å². The standard InChI is InChI=1S/C21H26F3N3O3S/c1-14-10-17(27(26-14)13-20(25)6-7-20)18-12-19(2,8-9-30-18)31(28,29)16-5-3-4-15(11-16)21(22,23)24/h3-5,10-11,18H,6-9,12-13,25H2,1-2H3. The number of aromatic nitrogens is 2. The number of halogens is 3. The SMILES string of the molecule is Cc1cc(C2CC(C)(S(=O)(=O)c3cccc(C(F)(F)F)c3)CCO2)n(CC2(N)CC2)n1. The lowest BCUT2D eigenvalue weighted by atomic mass is 9.94. The Bertz CT molecular complexity index is 1090. The molecule has 31 heavy (non-hydrogen) atoms. The van der Waals surface area contributed by atoms with E-state index in [2.05, 4.69) is 5.10 Å². The van der Waals surface area contributed by atoms with Crippen LogP contribution in [0.1, 0.15) is 55.7 Å². The van der Waals surface area contributed by atoms with E-state index < -0.39 is 32.4 Å². The molecule has 6 nitrogen and oxygen atoms in total. The van der Waals surface area contributed by atoms with Crippen LogP contribution in [0.3, 0.4) is 0 Å². The van der Waals surface area contributed by atoms with Gasteiger partial charge in [0.25, 0.3) is 0 Å². The summed E-state index contributed by atoms with van der Waals surface area (Å²) in [5.74, 6) is 0. The molecule has 2 atom stereocenters. The minimum atomic E-state index is -4.62. The van der Waals surface area contributed by atoms with Gasteiger partial charge in [0.1, 0.15) is 6.10 Å². The molecule has 1 aliphatic carbocycles. The fourth-order valence-corrected chi connectivity index (χ4v) is 5.93. The molecule has 0 amide bonds. The van der Waals surface area contributed by atoms with E-state index in [-0.39, 0.29) is 29.9 Å². The van der Waals surface area contributed by atoms with E-state index in [9.17, 15) is 21.6 Å². The van der Waals surface area contributed by atoms with Crippen molar-refractivity contribution in [3.8, 4) is 0 Å². The first-order chi connectivity index (χ1) is 14.3. The van der Waals surface area contributed by atoms with E-state index in [1.165, 1.54) is 6.07 Å². The Labute approximate surface area is 179 Å². The van der Waals surface area contributed by atoms with Gasteiger partial charge in [-0.15, -0.1) is 0 Å². The highest BCUT2D eigenvalue weighted by atomic mass is 32.2. The van der Waals surface area contributed by atoms with E-state index in [0.717, 1.165) is 36.4 Å². The van der Waals surface area contributed by atoms with Crippen molar-refractivity contribution in [2.45, 2.75) is 73.5 Å². The molecule has 2 fully saturated rings. The molecule has 4 rings (SSSR count). The van der Waals surface area contributed by atoms with Gasteiger partial charge in [0.15, 0.2) is 9.84 Å². The van der Waals surface area contributed by atoms with Crippen molar-refractivity contribution in [3.05, 3.63) is 47.3 Å². The maximum Gasteiger partial charge on any atom is 0.416 e. The molecule has 10 heteroatoms. The zero-order valence-electron chi connectivity index (χ0n) is 17.4. The molecule has 2 aromatic rings. The van der Waals surface area contributed by atoms with Crippen molar-refractivity contribution in [2.75, 3.05) is 6.61 Å². The van der Waals surface area contributed by atoms with Crippen molar-refractivity contribution >= 4 is 9.84 Å². The maximum absolute atomic E-state index is 13.4. The van der Waals surface area contributed by atoms with Crippen LogP contribution in [0.4, 0.5) is 13.2 Å². The Morgan fingerprint density at radius 2 is 1.97 bits per heavy atom. The molecular weight excluding hydrogens is 431 g/mol. The average Bonchev–Trinajstić information content (AvgIpc) is 3.30. The van der Waals surface area contributed by atoms with Gasteiger partial charge in [-0.05, 0) is 63.8 Å². The molecule has 1 aromatic heterocycles. The highest BCUT2D eigenvalue weighted by Gasteiger charge is 2.47. The highest BCUT2D eigenvalue weighted by molar-refractivity contribution is 7.92. The van der Waals surface area contributed by atoms with E-state index in [1.54, 1.807) is 11.6 Å². The van der Waals surface area contributed by atoms with Crippen molar-refractivity contribution < 1.29 is 26.3 Å². The van der Waals surface area contributed by atoms with Gasteiger partial charge in [-0.25, -0.2) is 8.42 Å². The third-order valence-electron chi connectivity index (χ3n) is 6.31. The summed E-state index contributed by atoms with van der Waals surface area (Å²) in [5, 5.41) is 4.50. The molecular formula is C21H26F3N3O3S. The van der Waals surface area contributed by atoms with Crippen LogP contribution in [-0.2, 0) is 27.3 Å². The zero-order valence-corrected chi connectivity index (χ0v) is 18.3. The summed E-state index contributed by atoms with van der Waals surface area (Å²) in [6.45, 7) is 4.12. The van der Waals surface area contributed by atoms with Crippen molar-refractivity contribution in [3.63, 3.8) is 0 Å². The molecule has 0 radical (unpaired) electrons. The van der Waals surface area contributed by atoms with Gasteiger partial charge in [-0.1, -0.05) is 6.07 Å². The largest absolute Gasteiger partial charge is 0.416 e. The Kier molecular flexibility index (Phi) is 5.26. The van der Waals surface area contributed by atoms with Crippen LogP contribution in [-0.4, -0.2) is 35.1 Å². The highest BCUT2D eigenvalue weighted by Crippen LogP contribution is 2.43. The summed E-state index contributed by atoms with van der Waals surface area (Å²) in [6.07, 6.45) is -3.04. The average molecular weight is 458 g/mol. The van der Waals surface area contributed by atoms with E-state index in [4.69, 9.17) is 10.5 Å². The Hall–Kier alpha value is -1.91. The molecule has 1 saturated carbocycles. The number of alkyl halides is 3. The van der Waals surface area contributed by atoms with Gasteiger partial charge in [-0.2, -0.15) is 18.3 Å². The van der Waals surface area contributed by atoms with Gasteiger partial charge in [0, 0.05) is 12.1 Å². The summed E-state index contributed by atoms with van der Waals surface area (Å²) in [6, 6.07) is 5.80. The van der Waals surface area contributed by atoms with Crippen LogP contribution in [0.5, 0.6) is 0 Å². The fourth-order valence-electron chi connectivity index (χ4n) is 4.10. The number of sulfone groups is 1. The fraction of sp³-hybridized carbons (Fsp3) is 0.571. The second-order valence-electron chi connectivity index (χ2n) is 9.02. The number of hydrogen-bond donors (Lipinski definition) is 1. The quantitative estimate of drug-likeness (QED) is 0.738. The molecule has 1 aliphatic heterocycles. The molecule has 0 spiro atoms. The molecule has 0 bridgehead atoms. The van der Waals surface area contributed by atoms with Crippen LogP contribution < -0.4 is 5.73 Å². The van der Waals surface area contributed by atoms with Crippen molar-refractivity contribution in [1.29, 1.82) is 0 Å². The summed E-state index contributed by atoms with van der Waals surface area (Å²) >= 11 is 0. The number of nitrogens with zero attached hydrogens (tertiary/aromatic N) is 2. The Morgan fingerprint density at radius 3 is 2.61 bits per heavy atom. The molecule has 1 aromatic carbocycles. The van der Waals surface area contributed by atoms with E-state index >= 15 is 0 Å². The van der Waals surface area contributed by atoms with Crippen LogP contribution >= 0.6 is 0 Å². The number of nitrogens with two attached hydrogens (primary N) is 1. The van der Waals surface area contributed by atoms with Gasteiger partial charge in [0.2, 0.25) is 0 Å². The molecule has 1 saturated heterocycles. The second-order valence-corrected chi connectivity index (χ2v) is 11.5. The van der Waals surface area contributed by atoms with Crippen molar-refractivity contribution in [1.82, 2.24) is 9.78 Å². The summed E-state index contributed by atoms with van der Waals surface area (Å²) < 4.78 is 72.7.